The second-order valence-electron chi connectivity index (χ2n) is 24.0. The molecule has 4 heterocycles. The summed E-state index contributed by atoms with van der Waals surface area (Å²) in [5.41, 5.74) is -0.837. The zero-order chi connectivity index (χ0) is 48.7. The number of amides is 1. The predicted molar refractivity (Wildman–Crippen MR) is 234 cm³/mol. The molecule has 9 rings (SSSR count). The maximum absolute atomic E-state index is 13.8. The van der Waals surface area contributed by atoms with E-state index in [0.717, 1.165) is 32.1 Å². The number of nitrogens with one attached hydrogen (secondary N) is 1. The molecule has 4 saturated heterocycles. The molecule has 2 unspecified atom stereocenters. The number of hydrogen-bond donors (Lipinski definition) is 9. The third-order valence-electron chi connectivity index (χ3n) is 19.7. The second kappa shape index (κ2) is 17.1. The fraction of sp³-hybridized carbons (Fsp3) is 0.918. The summed E-state index contributed by atoms with van der Waals surface area (Å²) in [6.45, 7) is 18.0. The van der Waals surface area contributed by atoms with Gasteiger partial charge < -0.3 is 79.3 Å². The Hall–Kier alpha value is -1.88. The molecule has 4 saturated carbocycles. The van der Waals surface area contributed by atoms with Gasteiger partial charge in [-0.3, -0.25) is 9.59 Å². The first-order valence-electron chi connectivity index (χ1n) is 24.7. The normalized spacial score (nSPS) is 54.3. The van der Waals surface area contributed by atoms with Crippen molar-refractivity contribution in [3.05, 3.63) is 11.6 Å². The Balaban J connectivity index is 0.930. The van der Waals surface area contributed by atoms with Gasteiger partial charge in [-0.1, -0.05) is 60.1 Å². The van der Waals surface area contributed by atoms with Crippen LogP contribution in [0.15, 0.2) is 11.6 Å². The van der Waals surface area contributed by atoms with Crippen LogP contribution in [0.3, 0.4) is 0 Å². The molecule has 0 aromatic carbocycles. The van der Waals surface area contributed by atoms with Crippen molar-refractivity contribution in [2.45, 2.75) is 218 Å². The zero-order valence-electron chi connectivity index (χ0n) is 40.4. The number of hydrogen-bond acceptors (Lipinski definition) is 17. The number of rotatable bonds is 8. The maximum Gasteiger partial charge on any atom is 0.315 e. The van der Waals surface area contributed by atoms with Crippen LogP contribution in [-0.4, -0.2) is 170 Å². The number of esters is 1. The fourth-order valence-electron chi connectivity index (χ4n) is 15.6. The summed E-state index contributed by atoms with van der Waals surface area (Å²) >= 11 is 0. The van der Waals surface area contributed by atoms with Gasteiger partial charge in [0.1, 0.15) is 72.5 Å². The van der Waals surface area contributed by atoms with Gasteiger partial charge in [-0.25, -0.2) is 0 Å². The molecule has 9 N–H and O–H groups in total. The molecular formula is C49H77NO17. The van der Waals surface area contributed by atoms with Crippen molar-refractivity contribution in [2.24, 2.45) is 50.2 Å². The first kappa shape index (κ1) is 50.1. The van der Waals surface area contributed by atoms with Crippen molar-refractivity contribution in [1.29, 1.82) is 0 Å². The van der Waals surface area contributed by atoms with Crippen molar-refractivity contribution in [1.82, 2.24) is 5.32 Å². The lowest BCUT2D eigenvalue weighted by atomic mass is 9.33. The molecular weight excluding hydrogens is 875 g/mol. The molecule has 0 aromatic heterocycles. The highest BCUT2D eigenvalue weighted by Gasteiger charge is 2.74. The van der Waals surface area contributed by atoms with E-state index in [1.807, 2.05) is 0 Å². The monoisotopic (exact) mass is 952 g/mol. The molecule has 67 heavy (non-hydrogen) atoms. The standard InChI is InChI=1S/C49H77NO17/c1-21-33(54)37(58)39(67-41-38(59)34(55)25(52)19-61-41)42(63-21)62-20-26-35(56)36(57)32(50-22(2)51)40(64-26)65-30-13-14-46(7)27(45(30,5)6)12-15-47(8)28(46)11-10-23-24-16-44(3,4)31-18-49(24,43(60)66-31)29(53)17-48(23,47)9/h10,21,24-42,52-59H,11-20H2,1-9H3,(H,50,51)/t21-,24+,25-,26-,27?,28?,29-,30+,31+,32-,33+,34+,35-,36-,37+,38-,39-,40+,41+,42-,46+,47-,48-,49-/m1/s1. The molecule has 4 aliphatic heterocycles. The lowest BCUT2D eigenvalue weighted by molar-refractivity contribution is -0.361. The van der Waals surface area contributed by atoms with E-state index in [-0.39, 0.29) is 58.1 Å². The summed E-state index contributed by atoms with van der Waals surface area (Å²) in [4.78, 5) is 26.3. The van der Waals surface area contributed by atoms with E-state index in [1.54, 1.807) is 0 Å². The predicted octanol–water partition coefficient (Wildman–Crippen LogP) is 0.938. The van der Waals surface area contributed by atoms with E-state index in [4.69, 9.17) is 33.2 Å². The van der Waals surface area contributed by atoms with Crippen LogP contribution >= 0.6 is 0 Å². The molecule has 5 aliphatic carbocycles. The van der Waals surface area contributed by atoms with E-state index in [9.17, 15) is 50.4 Å². The van der Waals surface area contributed by atoms with E-state index in [1.165, 1.54) is 19.4 Å². The van der Waals surface area contributed by atoms with Crippen LogP contribution in [0.2, 0.25) is 0 Å². The summed E-state index contributed by atoms with van der Waals surface area (Å²) in [6.07, 6.45) is -11.8. The van der Waals surface area contributed by atoms with Gasteiger partial charge in [-0.15, -0.1) is 0 Å². The van der Waals surface area contributed by atoms with Crippen LogP contribution in [-0.2, 0) is 42.7 Å². The molecule has 18 nitrogen and oxygen atoms in total. The van der Waals surface area contributed by atoms with Crippen molar-refractivity contribution >= 4 is 11.9 Å². The molecule has 18 heteroatoms. The second-order valence-corrected chi connectivity index (χ2v) is 24.0. The van der Waals surface area contributed by atoms with Crippen LogP contribution in [0.25, 0.3) is 0 Å². The van der Waals surface area contributed by atoms with Gasteiger partial charge in [0.2, 0.25) is 5.91 Å². The largest absolute Gasteiger partial charge is 0.461 e. The maximum atomic E-state index is 13.8. The minimum atomic E-state index is -1.71. The Kier molecular flexibility index (Phi) is 12.8. The van der Waals surface area contributed by atoms with Gasteiger partial charge in [-0.05, 0) is 91.3 Å². The third kappa shape index (κ3) is 7.54. The average molecular weight is 952 g/mol. The lowest BCUT2D eigenvalue weighted by Gasteiger charge is -2.71. The van der Waals surface area contributed by atoms with E-state index in [0.29, 0.717) is 19.3 Å². The summed E-state index contributed by atoms with van der Waals surface area (Å²) in [5.74, 6) is -0.325. The molecule has 0 aromatic rings. The van der Waals surface area contributed by atoms with Crippen LogP contribution in [0.1, 0.15) is 114 Å². The molecule has 8 fully saturated rings. The Labute approximate surface area is 393 Å². The highest BCUT2D eigenvalue weighted by molar-refractivity contribution is 5.82. The Morgan fingerprint density at radius 1 is 0.791 bits per heavy atom. The lowest BCUT2D eigenvalue weighted by Crippen LogP contribution is -2.68. The molecule has 1 spiro atoms. The average Bonchev–Trinajstić information content (AvgIpc) is 3.58. The summed E-state index contributed by atoms with van der Waals surface area (Å²) in [6, 6.07) is -1.16. The van der Waals surface area contributed by atoms with Crippen LogP contribution in [0.4, 0.5) is 0 Å². The van der Waals surface area contributed by atoms with Gasteiger partial charge >= 0.3 is 5.97 Å². The zero-order valence-corrected chi connectivity index (χ0v) is 40.4. The first-order chi connectivity index (χ1) is 31.2. The molecule has 9 aliphatic rings. The minimum Gasteiger partial charge on any atom is -0.461 e. The van der Waals surface area contributed by atoms with Gasteiger partial charge in [0, 0.05) is 18.8 Å². The fourth-order valence-corrected chi connectivity index (χ4v) is 15.6. The summed E-state index contributed by atoms with van der Waals surface area (Å²) in [5, 5.41) is 90.5. The number of fused-ring (bicyclic) bond motifs is 7. The van der Waals surface area contributed by atoms with Crippen LogP contribution < -0.4 is 5.32 Å². The van der Waals surface area contributed by atoms with Gasteiger partial charge in [0.05, 0.1) is 31.5 Å². The highest BCUT2D eigenvalue weighted by atomic mass is 16.8. The highest BCUT2D eigenvalue weighted by Crippen LogP contribution is 2.76. The van der Waals surface area contributed by atoms with Gasteiger partial charge in [0.25, 0.3) is 0 Å². The Morgan fingerprint density at radius 2 is 1.51 bits per heavy atom. The SMILES string of the molecule is CC(=O)N[C@H]1[C@H](O[C@H]2CC[C@@]3(C)C(CC[C@]4(C)C3CC=C3[C@@H]5CC(C)(C)[C@@H]6C[C@]5(C(=O)O6)[C@H](O)C[C@]34C)C2(C)C)O[C@H](CO[C@@H]2O[C@H](C)[C@H](O)[C@H](O)[C@H]2O[C@@H]2OC[C@@H](O)[C@H](O)[C@H]2O)[C@@H](O)[C@@H]1O. The van der Waals surface area contributed by atoms with E-state index < -0.39 is 122 Å². The van der Waals surface area contributed by atoms with Crippen molar-refractivity contribution in [2.75, 3.05) is 13.2 Å². The van der Waals surface area contributed by atoms with Crippen molar-refractivity contribution in [3.63, 3.8) is 0 Å². The number of ether oxygens (including phenoxy) is 7. The molecule has 24 atom stereocenters. The molecule has 1 amide bonds. The van der Waals surface area contributed by atoms with Crippen LogP contribution in [0, 0.1) is 50.2 Å². The number of aliphatic hydroxyl groups is 8. The van der Waals surface area contributed by atoms with Crippen LogP contribution in [0.5, 0.6) is 0 Å². The Bertz CT molecular complexity index is 1930. The smallest absolute Gasteiger partial charge is 0.315 e. The molecule has 380 valence electrons. The van der Waals surface area contributed by atoms with Gasteiger partial charge in [0.15, 0.2) is 18.9 Å². The number of allylic oxidation sites excluding steroid dienone is 2. The number of aliphatic hydroxyl groups excluding tert-OH is 8. The summed E-state index contributed by atoms with van der Waals surface area (Å²) in [7, 11) is 0. The van der Waals surface area contributed by atoms with E-state index in [2.05, 4.69) is 59.9 Å². The van der Waals surface area contributed by atoms with E-state index >= 15 is 0 Å². The number of carbonyl (C=O) groups excluding carboxylic acids is 2. The number of carbonyl (C=O) groups is 2. The third-order valence-corrected chi connectivity index (χ3v) is 19.7. The summed E-state index contributed by atoms with van der Waals surface area (Å²) < 4.78 is 42.5. The quantitative estimate of drug-likeness (QED) is 0.0931. The van der Waals surface area contributed by atoms with Crippen molar-refractivity contribution in [3.8, 4) is 0 Å². The molecule has 2 bridgehead atoms. The molecule has 0 radical (unpaired) electrons. The van der Waals surface area contributed by atoms with Gasteiger partial charge in [-0.2, -0.15) is 0 Å². The topological polar surface area (TPSA) is 273 Å². The Morgan fingerprint density at radius 3 is 2.21 bits per heavy atom. The van der Waals surface area contributed by atoms with Crippen molar-refractivity contribution < 1.29 is 83.6 Å². The first-order valence-corrected chi connectivity index (χ1v) is 24.7. The minimum absolute atomic E-state index is 0.0782.